The van der Waals surface area contributed by atoms with Crippen molar-refractivity contribution in [3.8, 4) is 0 Å². The Morgan fingerprint density at radius 1 is 1.21 bits per heavy atom. The first-order valence-corrected chi connectivity index (χ1v) is 10.3. The Bertz CT molecular complexity index is 787. The zero-order valence-corrected chi connectivity index (χ0v) is 19.2. The topological polar surface area (TPSA) is 58.3 Å². The molecule has 1 fully saturated rings. The Morgan fingerprint density at radius 3 is 2.79 bits per heavy atom. The molecule has 2 aromatic rings. The summed E-state index contributed by atoms with van der Waals surface area (Å²) in [5.74, 6) is 4.34. The van der Waals surface area contributed by atoms with Gasteiger partial charge < -0.3 is 14.8 Å². The Labute approximate surface area is 184 Å². The fourth-order valence-corrected chi connectivity index (χ4v) is 4.43. The smallest absolute Gasteiger partial charge is 0.194 e. The van der Waals surface area contributed by atoms with Crippen LogP contribution in [0.25, 0.3) is 0 Å². The predicted molar refractivity (Wildman–Crippen MR) is 123 cm³/mol. The summed E-state index contributed by atoms with van der Waals surface area (Å²) in [6.45, 7) is 9.07. The van der Waals surface area contributed by atoms with Gasteiger partial charge in [0, 0.05) is 32.6 Å². The van der Waals surface area contributed by atoms with Crippen LogP contribution in [0.3, 0.4) is 0 Å². The summed E-state index contributed by atoms with van der Waals surface area (Å²) in [4.78, 5) is 7.31. The fourth-order valence-electron chi connectivity index (χ4n) is 4.43. The number of guanidine groups is 1. The van der Waals surface area contributed by atoms with Crippen LogP contribution in [0.1, 0.15) is 49.8 Å². The van der Waals surface area contributed by atoms with Crippen LogP contribution in [0.5, 0.6) is 0 Å². The summed E-state index contributed by atoms with van der Waals surface area (Å²) < 4.78 is 2.23. The third-order valence-electron chi connectivity index (χ3n) is 5.82. The first kappa shape index (κ1) is 21.1. The number of aromatic nitrogens is 3. The number of nitrogens with zero attached hydrogens (tertiary/aromatic N) is 5. The van der Waals surface area contributed by atoms with Crippen LogP contribution < -0.4 is 5.32 Å². The van der Waals surface area contributed by atoms with Crippen molar-refractivity contribution in [2.45, 2.75) is 52.1 Å². The van der Waals surface area contributed by atoms with Gasteiger partial charge in [-0.25, -0.2) is 4.99 Å². The lowest BCUT2D eigenvalue weighted by Crippen LogP contribution is -2.48. The predicted octanol–water partition coefficient (Wildman–Crippen LogP) is 3.43. The zero-order valence-electron chi connectivity index (χ0n) is 16.8. The van der Waals surface area contributed by atoms with E-state index in [0.29, 0.717) is 18.4 Å². The minimum absolute atomic E-state index is 0. The Morgan fingerprint density at radius 2 is 2.04 bits per heavy atom. The normalized spacial score (nSPS) is 21.9. The van der Waals surface area contributed by atoms with E-state index in [0.717, 1.165) is 56.6 Å². The molecule has 2 unspecified atom stereocenters. The molecule has 152 valence electrons. The van der Waals surface area contributed by atoms with Gasteiger partial charge in [0.1, 0.15) is 12.4 Å². The highest BCUT2D eigenvalue weighted by atomic mass is 127. The lowest BCUT2D eigenvalue weighted by Gasteiger charge is -2.39. The van der Waals surface area contributed by atoms with E-state index in [4.69, 9.17) is 4.99 Å². The Hall–Kier alpha value is -1.64. The quantitative estimate of drug-likeness (QED) is 0.402. The van der Waals surface area contributed by atoms with Crippen molar-refractivity contribution < 1.29 is 0 Å². The number of aliphatic imine (C=N–C) groups is 1. The number of aryl methyl sites for hydroxylation is 1. The molecule has 0 aliphatic carbocycles. The van der Waals surface area contributed by atoms with Crippen LogP contribution in [0.4, 0.5) is 0 Å². The number of benzene rings is 1. The summed E-state index contributed by atoms with van der Waals surface area (Å²) in [6.07, 6.45) is 3.38. The maximum absolute atomic E-state index is 4.90. The number of hydrogen-bond donors (Lipinski definition) is 1. The van der Waals surface area contributed by atoms with Crippen molar-refractivity contribution in [2.24, 2.45) is 10.9 Å². The molecule has 4 rings (SSSR count). The number of nitrogens with one attached hydrogen (secondary N) is 1. The Kier molecular flexibility index (Phi) is 7.31. The zero-order chi connectivity index (χ0) is 18.6. The minimum atomic E-state index is 0. The second-order valence-corrected chi connectivity index (χ2v) is 7.69. The average molecular weight is 494 g/mol. The first-order chi connectivity index (χ1) is 13.3. The second-order valence-electron chi connectivity index (χ2n) is 7.69. The van der Waals surface area contributed by atoms with Crippen LogP contribution in [-0.2, 0) is 19.5 Å². The molecule has 28 heavy (non-hydrogen) atoms. The molecular formula is C21H31IN6. The van der Waals surface area contributed by atoms with Crippen LogP contribution in [-0.4, -0.2) is 45.3 Å². The molecule has 1 aromatic heterocycles. The summed E-state index contributed by atoms with van der Waals surface area (Å²) in [5.41, 5.74) is 1.46. The molecular weight excluding hydrogens is 463 g/mol. The highest BCUT2D eigenvalue weighted by molar-refractivity contribution is 14.0. The number of halogens is 1. The van der Waals surface area contributed by atoms with Gasteiger partial charge in [0.25, 0.3) is 0 Å². The minimum Gasteiger partial charge on any atom is -0.357 e. The molecule has 2 aliphatic rings. The van der Waals surface area contributed by atoms with Gasteiger partial charge in [-0.3, -0.25) is 0 Å². The third-order valence-corrected chi connectivity index (χ3v) is 5.82. The van der Waals surface area contributed by atoms with Crippen molar-refractivity contribution in [3.05, 3.63) is 47.5 Å². The maximum Gasteiger partial charge on any atom is 0.194 e. The van der Waals surface area contributed by atoms with Gasteiger partial charge in [-0.2, -0.15) is 0 Å². The Balaban J connectivity index is 0.00000225. The summed E-state index contributed by atoms with van der Waals surface area (Å²) in [7, 11) is 0. The largest absolute Gasteiger partial charge is 0.357 e. The van der Waals surface area contributed by atoms with Crippen molar-refractivity contribution in [1.29, 1.82) is 0 Å². The molecule has 2 aliphatic heterocycles. The maximum atomic E-state index is 4.90. The van der Waals surface area contributed by atoms with Gasteiger partial charge >= 0.3 is 0 Å². The van der Waals surface area contributed by atoms with E-state index in [2.05, 4.69) is 69.2 Å². The van der Waals surface area contributed by atoms with Crippen molar-refractivity contribution >= 4 is 29.9 Å². The van der Waals surface area contributed by atoms with Gasteiger partial charge in [0.05, 0.1) is 0 Å². The van der Waals surface area contributed by atoms with Gasteiger partial charge in [0.15, 0.2) is 11.8 Å². The highest BCUT2D eigenvalue weighted by Crippen LogP contribution is 2.32. The molecule has 1 N–H and O–H groups in total. The lowest BCUT2D eigenvalue weighted by molar-refractivity contribution is 0.234. The van der Waals surface area contributed by atoms with Crippen molar-refractivity contribution in [3.63, 3.8) is 0 Å². The van der Waals surface area contributed by atoms with Gasteiger partial charge in [-0.05, 0) is 37.2 Å². The molecule has 0 amide bonds. The fraction of sp³-hybridized carbons (Fsp3) is 0.571. The van der Waals surface area contributed by atoms with E-state index >= 15 is 0 Å². The average Bonchev–Trinajstić information content (AvgIpc) is 3.30. The number of likely N-dealkylation sites (tertiary alicyclic amines) is 1. The molecule has 7 heteroatoms. The SMILES string of the molecule is CCNC(=NCc1nnc2n1CCC2)N1CCC(c2ccccc2)C(C)C1.I. The summed E-state index contributed by atoms with van der Waals surface area (Å²) >= 11 is 0. The van der Waals surface area contributed by atoms with E-state index in [1.165, 1.54) is 12.0 Å². The number of hydrogen-bond acceptors (Lipinski definition) is 3. The molecule has 1 saturated heterocycles. The summed E-state index contributed by atoms with van der Waals surface area (Å²) in [6, 6.07) is 10.9. The van der Waals surface area contributed by atoms with E-state index in [1.54, 1.807) is 0 Å². The van der Waals surface area contributed by atoms with Gasteiger partial charge in [0.2, 0.25) is 0 Å². The molecule has 2 atom stereocenters. The van der Waals surface area contributed by atoms with E-state index in [-0.39, 0.29) is 24.0 Å². The van der Waals surface area contributed by atoms with Crippen molar-refractivity contribution in [2.75, 3.05) is 19.6 Å². The third kappa shape index (κ3) is 4.50. The molecule has 3 heterocycles. The van der Waals surface area contributed by atoms with Crippen molar-refractivity contribution in [1.82, 2.24) is 25.0 Å². The van der Waals surface area contributed by atoms with E-state index in [9.17, 15) is 0 Å². The van der Waals surface area contributed by atoms with E-state index in [1.807, 2.05) is 0 Å². The lowest BCUT2D eigenvalue weighted by atomic mass is 9.82. The van der Waals surface area contributed by atoms with E-state index < -0.39 is 0 Å². The van der Waals surface area contributed by atoms with Crippen LogP contribution in [0.15, 0.2) is 35.3 Å². The van der Waals surface area contributed by atoms with Crippen LogP contribution in [0, 0.1) is 5.92 Å². The second kappa shape index (κ2) is 9.71. The number of rotatable bonds is 4. The highest BCUT2D eigenvalue weighted by Gasteiger charge is 2.28. The molecule has 0 spiro atoms. The standard InChI is InChI=1S/C21H30N6.HI/c1-3-22-21(23-14-20-25-24-19-10-7-12-27(19)20)26-13-11-18(16(2)15-26)17-8-5-4-6-9-17;/h4-6,8-9,16,18H,3,7,10-15H2,1-2H3,(H,22,23);1H. The van der Waals surface area contributed by atoms with Crippen LogP contribution >= 0.6 is 24.0 Å². The molecule has 6 nitrogen and oxygen atoms in total. The molecule has 0 saturated carbocycles. The van der Waals surface area contributed by atoms with Gasteiger partial charge in [-0.1, -0.05) is 37.3 Å². The molecule has 0 bridgehead atoms. The summed E-state index contributed by atoms with van der Waals surface area (Å²) in [5, 5.41) is 12.1. The van der Waals surface area contributed by atoms with Gasteiger partial charge in [-0.15, -0.1) is 34.2 Å². The van der Waals surface area contributed by atoms with Crippen LogP contribution in [0.2, 0.25) is 0 Å². The monoisotopic (exact) mass is 494 g/mol. The first-order valence-electron chi connectivity index (χ1n) is 10.3. The number of piperidine rings is 1. The molecule has 1 aromatic carbocycles. The molecule has 0 radical (unpaired) electrons. The number of fused-ring (bicyclic) bond motifs is 1.